The van der Waals surface area contributed by atoms with Crippen LogP contribution in [0.3, 0.4) is 0 Å². The van der Waals surface area contributed by atoms with Crippen molar-refractivity contribution in [3.63, 3.8) is 0 Å². The third kappa shape index (κ3) is 3.41. The number of anilines is 2. The average molecular weight is 360 g/mol. The highest BCUT2D eigenvalue weighted by atomic mass is 32.1. The van der Waals surface area contributed by atoms with Gasteiger partial charge < -0.3 is 10.6 Å². The molecule has 4 rings (SSSR count). The van der Waals surface area contributed by atoms with Crippen molar-refractivity contribution in [1.82, 2.24) is 9.97 Å². The van der Waals surface area contributed by atoms with Crippen molar-refractivity contribution in [2.45, 2.75) is 6.04 Å². The van der Waals surface area contributed by atoms with Crippen molar-refractivity contribution in [3.05, 3.63) is 84.0 Å². The summed E-state index contributed by atoms with van der Waals surface area (Å²) in [6.45, 7) is 0. The number of rotatable bonds is 5. The Bertz CT molecular complexity index is 1020. The zero-order valence-electron chi connectivity index (χ0n) is 13.8. The van der Waals surface area contributed by atoms with Crippen LogP contribution >= 0.6 is 11.3 Å². The predicted octanol–water partition coefficient (Wildman–Crippen LogP) is 4.48. The summed E-state index contributed by atoms with van der Waals surface area (Å²) in [5.41, 5.74) is 1.62. The van der Waals surface area contributed by atoms with Crippen LogP contribution in [0.2, 0.25) is 0 Å². The van der Waals surface area contributed by atoms with E-state index in [0.717, 1.165) is 21.5 Å². The number of hydrogen-bond acceptors (Lipinski definition) is 5. The van der Waals surface area contributed by atoms with Gasteiger partial charge in [0.15, 0.2) is 0 Å². The molecular formula is C20H16N4OS. The summed E-state index contributed by atoms with van der Waals surface area (Å²) in [6, 6.07) is 20.4. The van der Waals surface area contributed by atoms with E-state index in [9.17, 15) is 4.79 Å². The Kier molecular flexibility index (Phi) is 4.57. The zero-order chi connectivity index (χ0) is 17.8. The standard InChI is InChI=1S/C20H16N4OS/c25-19(23-15-9-5-2-6-10-15)17(14-7-3-1-4-8-14)24-18-16-11-12-26-20(16)22-13-21-18/h1-13,17H,(H,23,25)(H,21,22,24)/t17-/m0/s1. The molecule has 5 nitrogen and oxygen atoms in total. The molecule has 0 aliphatic heterocycles. The maximum Gasteiger partial charge on any atom is 0.251 e. The second-order valence-corrected chi connectivity index (χ2v) is 6.60. The maximum atomic E-state index is 13.0. The molecule has 6 heteroatoms. The summed E-state index contributed by atoms with van der Waals surface area (Å²) in [5, 5.41) is 9.12. The van der Waals surface area contributed by atoms with E-state index in [0.29, 0.717) is 5.82 Å². The first-order valence-corrected chi connectivity index (χ1v) is 9.05. The lowest BCUT2D eigenvalue weighted by Crippen LogP contribution is -2.27. The number of para-hydroxylation sites is 1. The fourth-order valence-corrected chi connectivity index (χ4v) is 3.46. The molecule has 0 spiro atoms. The van der Waals surface area contributed by atoms with E-state index in [1.165, 1.54) is 6.33 Å². The van der Waals surface area contributed by atoms with Crippen LogP contribution in [-0.4, -0.2) is 15.9 Å². The van der Waals surface area contributed by atoms with E-state index in [1.54, 1.807) is 11.3 Å². The van der Waals surface area contributed by atoms with Gasteiger partial charge in [0.25, 0.3) is 5.91 Å². The van der Waals surface area contributed by atoms with E-state index in [2.05, 4.69) is 20.6 Å². The third-order valence-electron chi connectivity index (χ3n) is 3.98. The van der Waals surface area contributed by atoms with Gasteiger partial charge in [0.05, 0.1) is 5.39 Å². The van der Waals surface area contributed by atoms with E-state index in [1.807, 2.05) is 72.1 Å². The number of fused-ring (bicyclic) bond motifs is 1. The molecule has 0 aliphatic carbocycles. The Morgan fingerprint density at radius 3 is 2.42 bits per heavy atom. The fraction of sp³-hybridized carbons (Fsp3) is 0.0500. The molecule has 1 amide bonds. The van der Waals surface area contributed by atoms with Gasteiger partial charge >= 0.3 is 0 Å². The van der Waals surface area contributed by atoms with Crippen LogP contribution in [0.1, 0.15) is 11.6 Å². The molecule has 0 fully saturated rings. The number of thiophene rings is 1. The number of nitrogens with zero attached hydrogens (tertiary/aromatic N) is 2. The number of carbonyl (C=O) groups excluding carboxylic acids is 1. The maximum absolute atomic E-state index is 13.0. The summed E-state index contributed by atoms with van der Waals surface area (Å²) >= 11 is 1.54. The minimum absolute atomic E-state index is 0.149. The highest BCUT2D eigenvalue weighted by Crippen LogP contribution is 2.27. The molecule has 1 atom stereocenters. The molecule has 2 aromatic carbocycles. The minimum atomic E-state index is -0.575. The topological polar surface area (TPSA) is 66.9 Å². The molecule has 2 aromatic heterocycles. The van der Waals surface area contributed by atoms with Crippen molar-refractivity contribution >= 4 is 39.0 Å². The highest BCUT2D eigenvalue weighted by Gasteiger charge is 2.22. The van der Waals surface area contributed by atoms with Crippen molar-refractivity contribution < 1.29 is 4.79 Å². The largest absolute Gasteiger partial charge is 0.354 e. The molecule has 0 saturated carbocycles. The summed E-state index contributed by atoms with van der Waals surface area (Å²) in [6.07, 6.45) is 1.51. The zero-order valence-corrected chi connectivity index (χ0v) is 14.6. The van der Waals surface area contributed by atoms with Gasteiger partial charge in [-0.25, -0.2) is 9.97 Å². The van der Waals surface area contributed by atoms with Gasteiger partial charge in [-0.2, -0.15) is 0 Å². The Balaban J connectivity index is 1.67. The molecular weight excluding hydrogens is 344 g/mol. The number of nitrogens with one attached hydrogen (secondary N) is 2. The van der Waals surface area contributed by atoms with Crippen LogP contribution in [0.15, 0.2) is 78.4 Å². The van der Waals surface area contributed by atoms with Crippen LogP contribution in [0.4, 0.5) is 11.5 Å². The number of amides is 1. The van der Waals surface area contributed by atoms with Crippen LogP contribution in [0.25, 0.3) is 10.2 Å². The lowest BCUT2D eigenvalue weighted by Gasteiger charge is -2.20. The molecule has 0 saturated heterocycles. The van der Waals surface area contributed by atoms with Crippen LogP contribution in [0, 0.1) is 0 Å². The number of benzene rings is 2. The summed E-state index contributed by atoms with van der Waals surface area (Å²) < 4.78 is 0. The second kappa shape index (κ2) is 7.33. The Hall–Kier alpha value is -3.25. The van der Waals surface area contributed by atoms with Crippen molar-refractivity contribution in [2.24, 2.45) is 0 Å². The smallest absolute Gasteiger partial charge is 0.251 e. The molecule has 2 heterocycles. The fourth-order valence-electron chi connectivity index (χ4n) is 2.72. The lowest BCUT2D eigenvalue weighted by atomic mass is 10.1. The predicted molar refractivity (Wildman–Crippen MR) is 105 cm³/mol. The first-order chi connectivity index (χ1) is 12.8. The van der Waals surface area contributed by atoms with E-state index in [-0.39, 0.29) is 5.91 Å². The minimum Gasteiger partial charge on any atom is -0.354 e. The summed E-state index contributed by atoms with van der Waals surface area (Å²) in [5.74, 6) is 0.498. The SMILES string of the molecule is O=C(Nc1ccccc1)[C@@H](Nc1ncnc2sccc12)c1ccccc1. The van der Waals surface area contributed by atoms with Crippen molar-refractivity contribution in [1.29, 1.82) is 0 Å². The van der Waals surface area contributed by atoms with Crippen LogP contribution in [0.5, 0.6) is 0 Å². The molecule has 0 unspecified atom stereocenters. The Morgan fingerprint density at radius 2 is 1.65 bits per heavy atom. The van der Waals surface area contributed by atoms with Gasteiger partial charge in [0, 0.05) is 5.69 Å². The number of aromatic nitrogens is 2. The van der Waals surface area contributed by atoms with E-state index in [4.69, 9.17) is 0 Å². The summed E-state index contributed by atoms with van der Waals surface area (Å²) in [4.78, 5) is 22.5. The highest BCUT2D eigenvalue weighted by molar-refractivity contribution is 7.16. The monoisotopic (exact) mass is 360 g/mol. The second-order valence-electron chi connectivity index (χ2n) is 5.71. The Morgan fingerprint density at radius 1 is 0.923 bits per heavy atom. The number of hydrogen-bond donors (Lipinski definition) is 2. The first kappa shape index (κ1) is 16.2. The lowest BCUT2D eigenvalue weighted by molar-refractivity contribution is -0.117. The van der Waals surface area contributed by atoms with Crippen molar-refractivity contribution in [2.75, 3.05) is 10.6 Å². The van der Waals surface area contributed by atoms with Crippen LogP contribution in [-0.2, 0) is 4.79 Å². The van der Waals surface area contributed by atoms with Crippen molar-refractivity contribution in [3.8, 4) is 0 Å². The van der Waals surface area contributed by atoms with Gasteiger partial charge in [-0.1, -0.05) is 48.5 Å². The van der Waals surface area contributed by atoms with Crippen LogP contribution < -0.4 is 10.6 Å². The third-order valence-corrected chi connectivity index (χ3v) is 4.80. The molecule has 26 heavy (non-hydrogen) atoms. The summed E-state index contributed by atoms with van der Waals surface area (Å²) in [7, 11) is 0. The number of carbonyl (C=O) groups is 1. The quantitative estimate of drug-likeness (QED) is 0.550. The molecule has 128 valence electrons. The van der Waals surface area contributed by atoms with E-state index < -0.39 is 6.04 Å². The van der Waals surface area contributed by atoms with E-state index >= 15 is 0 Å². The molecule has 0 radical (unpaired) electrons. The average Bonchev–Trinajstić information content (AvgIpc) is 3.17. The molecule has 4 aromatic rings. The Labute approximate surface area is 154 Å². The molecule has 0 aliphatic rings. The van der Waals surface area contributed by atoms with Gasteiger partial charge in [-0.05, 0) is 29.1 Å². The van der Waals surface area contributed by atoms with Gasteiger partial charge in [0.2, 0.25) is 0 Å². The van der Waals surface area contributed by atoms with Gasteiger partial charge in [-0.3, -0.25) is 4.79 Å². The van der Waals surface area contributed by atoms with Gasteiger partial charge in [-0.15, -0.1) is 11.3 Å². The normalized spacial score (nSPS) is 11.8. The first-order valence-electron chi connectivity index (χ1n) is 8.17. The molecule has 2 N–H and O–H groups in total. The van der Waals surface area contributed by atoms with Gasteiger partial charge in [0.1, 0.15) is 23.0 Å². The molecule has 0 bridgehead atoms.